The lowest BCUT2D eigenvalue weighted by molar-refractivity contribution is -0.128. The van der Waals surface area contributed by atoms with Crippen LogP contribution in [0.3, 0.4) is 0 Å². The minimum absolute atomic E-state index is 0.170. The molecule has 2 aromatic rings. The lowest BCUT2D eigenvalue weighted by Crippen LogP contribution is -2.35. The predicted octanol–water partition coefficient (Wildman–Crippen LogP) is 3.97. The zero-order chi connectivity index (χ0) is 19.3. The Morgan fingerprint density at radius 2 is 2.00 bits per heavy atom. The first kappa shape index (κ1) is 19.0. The van der Waals surface area contributed by atoms with E-state index in [1.54, 1.807) is 0 Å². The van der Waals surface area contributed by atoms with E-state index in [1.165, 1.54) is 32.1 Å². The first-order valence-electron chi connectivity index (χ1n) is 10.8. The Bertz CT molecular complexity index is 841. The molecule has 0 radical (unpaired) electrons. The maximum atomic E-state index is 12.3. The number of nitrogens with zero attached hydrogens (tertiary/aromatic N) is 3. The molecular weight excluding hydrogens is 350 g/mol. The van der Waals surface area contributed by atoms with Crippen molar-refractivity contribution in [2.45, 2.75) is 64.2 Å². The molecule has 0 atom stereocenters. The van der Waals surface area contributed by atoms with Crippen LogP contribution in [0.15, 0.2) is 18.5 Å². The molecule has 3 aliphatic rings. The Labute approximate surface area is 166 Å². The van der Waals surface area contributed by atoms with E-state index in [-0.39, 0.29) is 5.91 Å². The number of rotatable bonds is 6. The van der Waals surface area contributed by atoms with Crippen molar-refractivity contribution >= 4 is 22.8 Å². The SMILES string of the molecule is C1CC1.CC/C=C(/NCC(=O)N1CCCC1)c1c[nH]c2ncc(C3CC3)nc12. The highest BCUT2D eigenvalue weighted by Gasteiger charge is 2.26. The summed E-state index contributed by atoms with van der Waals surface area (Å²) in [6.07, 6.45) is 16.0. The lowest BCUT2D eigenvalue weighted by Gasteiger charge is -2.17. The Hall–Kier alpha value is -2.37. The second kappa shape index (κ2) is 8.76. The maximum absolute atomic E-state index is 12.3. The molecule has 3 heterocycles. The average molecular weight is 382 g/mol. The number of hydrogen-bond acceptors (Lipinski definition) is 4. The molecule has 1 aliphatic heterocycles. The number of allylic oxidation sites excluding steroid dienone is 1. The summed E-state index contributed by atoms with van der Waals surface area (Å²) in [5, 5.41) is 3.34. The highest BCUT2D eigenvalue weighted by molar-refractivity contribution is 5.88. The number of carbonyl (C=O) groups is 1. The molecule has 0 spiro atoms. The zero-order valence-electron chi connectivity index (χ0n) is 16.8. The number of carbonyl (C=O) groups excluding carboxylic acids is 1. The van der Waals surface area contributed by atoms with Crippen molar-refractivity contribution in [1.82, 2.24) is 25.2 Å². The summed E-state index contributed by atoms with van der Waals surface area (Å²) in [6.45, 7) is 4.20. The van der Waals surface area contributed by atoms with Crippen LogP contribution in [0, 0.1) is 0 Å². The fourth-order valence-corrected chi connectivity index (χ4v) is 3.42. The van der Waals surface area contributed by atoms with Crippen LogP contribution in [0.5, 0.6) is 0 Å². The summed E-state index contributed by atoms with van der Waals surface area (Å²) < 4.78 is 0. The van der Waals surface area contributed by atoms with Gasteiger partial charge in [-0.3, -0.25) is 4.79 Å². The van der Waals surface area contributed by atoms with Crippen molar-refractivity contribution in [3.63, 3.8) is 0 Å². The minimum Gasteiger partial charge on any atom is -0.376 e. The third-order valence-electron chi connectivity index (χ3n) is 5.34. The molecule has 6 heteroatoms. The third-order valence-corrected chi connectivity index (χ3v) is 5.34. The van der Waals surface area contributed by atoms with Gasteiger partial charge in [-0.1, -0.05) is 32.3 Å². The highest BCUT2D eigenvalue weighted by atomic mass is 16.2. The smallest absolute Gasteiger partial charge is 0.241 e. The summed E-state index contributed by atoms with van der Waals surface area (Å²) in [5.41, 5.74) is 4.74. The third kappa shape index (κ3) is 4.72. The maximum Gasteiger partial charge on any atom is 0.241 e. The van der Waals surface area contributed by atoms with Crippen LogP contribution in [0.2, 0.25) is 0 Å². The van der Waals surface area contributed by atoms with Gasteiger partial charge >= 0.3 is 0 Å². The van der Waals surface area contributed by atoms with E-state index in [0.717, 1.165) is 60.5 Å². The second-order valence-corrected chi connectivity index (χ2v) is 8.00. The van der Waals surface area contributed by atoms with E-state index < -0.39 is 0 Å². The lowest BCUT2D eigenvalue weighted by atomic mass is 10.2. The van der Waals surface area contributed by atoms with E-state index >= 15 is 0 Å². The van der Waals surface area contributed by atoms with Crippen molar-refractivity contribution < 1.29 is 4.79 Å². The van der Waals surface area contributed by atoms with Crippen LogP contribution >= 0.6 is 0 Å². The van der Waals surface area contributed by atoms with Gasteiger partial charge in [-0.15, -0.1) is 0 Å². The molecule has 1 saturated heterocycles. The summed E-state index contributed by atoms with van der Waals surface area (Å²) in [4.78, 5) is 26.8. The van der Waals surface area contributed by atoms with E-state index in [9.17, 15) is 4.79 Å². The topological polar surface area (TPSA) is 73.9 Å². The van der Waals surface area contributed by atoms with Crippen LogP contribution in [0.1, 0.15) is 75.5 Å². The molecule has 1 amide bonds. The molecule has 0 aromatic carbocycles. The van der Waals surface area contributed by atoms with Crippen LogP contribution in [-0.2, 0) is 4.79 Å². The Morgan fingerprint density at radius 1 is 1.25 bits per heavy atom. The van der Waals surface area contributed by atoms with Crippen molar-refractivity contribution in [1.29, 1.82) is 0 Å². The molecule has 5 rings (SSSR count). The molecule has 28 heavy (non-hydrogen) atoms. The molecule has 2 aliphatic carbocycles. The minimum atomic E-state index is 0.170. The van der Waals surface area contributed by atoms with Crippen LogP contribution < -0.4 is 5.32 Å². The number of fused-ring (bicyclic) bond motifs is 1. The summed E-state index contributed by atoms with van der Waals surface area (Å²) >= 11 is 0. The van der Waals surface area contributed by atoms with Gasteiger partial charge < -0.3 is 15.2 Å². The average Bonchev–Trinajstić information content (AvgIpc) is 3.66. The van der Waals surface area contributed by atoms with Gasteiger partial charge in [0.2, 0.25) is 5.91 Å². The quantitative estimate of drug-likeness (QED) is 0.794. The molecule has 2 saturated carbocycles. The Kier molecular flexibility index (Phi) is 5.93. The highest BCUT2D eigenvalue weighted by Crippen LogP contribution is 2.39. The largest absolute Gasteiger partial charge is 0.376 e. The number of H-pyrrole nitrogens is 1. The molecule has 3 fully saturated rings. The van der Waals surface area contributed by atoms with Gasteiger partial charge in [0.25, 0.3) is 0 Å². The van der Waals surface area contributed by atoms with Crippen molar-refractivity contribution in [3.8, 4) is 0 Å². The fourth-order valence-electron chi connectivity index (χ4n) is 3.42. The predicted molar refractivity (Wildman–Crippen MR) is 112 cm³/mol. The fraction of sp³-hybridized carbons (Fsp3) is 0.591. The second-order valence-electron chi connectivity index (χ2n) is 8.00. The molecule has 6 nitrogen and oxygen atoms in total. The molecule has 0 unspecified atom stereocenters. The van der Waals surface area contributed by atoms with Gasteiger partial charge in [-0.05, 0) is 32.1 Å². The number of aromatic nitrogens is 3. The van der Waals surface area contributed by atoms with E-state index in [4.69, 9.17) is 4.98 Å². The molecule has 2 N–H and O–H groups in total. The van der Waals surface area contributed by atoms with Crippen molar-refractivity contribution in [2.75, 3.05) is 19.6 Å². The van der Waals surface area contributed by atoms with E-state index in [0.29, 0.717) is 12.5 Å². The van der Waals surface area contributed by atoms with Crippen LogP contribution in [0.25, 0.3) is 16.9 Å². The molecule has 0 bridgehead atoms. The van der Waals surface area contributed by atoms with Crippen molar-refractivity contribution in [2.24, 2.45) is 0 Å². The Morgan fingerprint density at radius 3 is 2.64 bits per heavy atom. The number of nitrogens with one attached hydrogen (secondary N) is 2. The summed E-state index contributed by atoms with van der Waals surface area (Å²) in [5.74, 6) is 0.743. The number of aromatic amines is 1. The normalized spacial score (nSPS) is 18.8. The Balaban J connectivity index is 0.000000586. The molecular formula is C22H31N5O. The van der Waals surface area contributed by atoms with E-state index in [1.807, 2.05) is 17.3 Å². The monoisotopic (exact) mass is 381 g/mol. The van der Waals surface area contributed by atoms with Crippen LogP contribution in [0.4, 0.5) is 0 Å². The summed E-state index contributed by atoms with van der Waals surface area (Å²) in [7, 11) is 0. The van der Waals surface area contributed by atoms with Gasteiger partial charge in [0, 0.05) is 36.5 Å². The zero-order valence-corrected chi connectivity index (χ0v) is 16.8. The van der Waals surface area contributed by atoms with Gasteiger partial charge in [0.15, 0.2) is 5.65 Å². The first-order chi connectivity index (χ1) is 13.8. The number of likely N-dealkylation sites (tertiary alicyclic amines) is 1. The van der Waals surface area contributed by atoms with E-state index in [2.05, 4.69) is 28.3 Å². The first-order valence-corrected chi connectivity index (χ1v) is 10.8. The van der Waals surface area contributed by atoms with Crippen LogP contribution in [-0.4, -0.2) is 45.4 Å². The standard InChI is InChI=1S/C19H25N5O.C3H6/c1-2-5-15(20-12-17(25)24-8-3-4-9-24)14-10-21-19-18(14)23-16(11-22-19)13-6-7-13;1-2-3-1/h5,10-11,13,20H,2-4,6-9,12H2,1H3,(H,21,22);1-3H2/b15-5+;. The number of hydrogen-bond donors (Lipinski definition) is 2. The van der Waals surface area contributed by atoms with Gasteiger partial charge in [0.1, 0.15) is 5.52 Å². The van der Waals surface area contributed by atoms with Gasteiger partial charge in [0.05, 0.1) is 18.4 Å². The number of amides is 1. The van der Waals surface area contributed by atoms with Crippen molar-refractivity contribution in [3.05, 3.63) is 29.7 Å². The molecule has 150 valence electrons. The van der Waals surface area contributed by atoms with Gasteiger partial charge in [-0.2, -0.15) is 0 Å². The van der Waals surface area contributed by atoms with Gasteiger partial charge in [-0.25, -0.2) is 9.97 Å². The molecule has 2 aromatic heterocycles. The summed E-state index contributed by atoms with van der Waals surface area (Å²) in [6, 6.07) is 0.